The van der Waals surface area contributed by atoms with Gasteiger partial charge in [0, 0.05) is 12.7 Å². The van der Waals surface area contributed by atoms with Crippen LogP contribution in [0.2, 0.25) is 0 Å². The van der Waals surface area contributed by atoms with Gasteiger partial charge in [0.15, 0.2) is 0 Å². The van der Waals surface area contributed by atoms with Gasteiger partial charge >= 0.3 is 0 Å². The average Bonchev–Trinajstić information content (AvgIpc) is 2.83. The second-order valence-corrected chi connectivity index (χ2v) is 6.18. The summed E-state index contributed by atoms with van der Waals surface area (Å²) in [6, 6.07) is 6.22. The van der Waals surface area contributed by atoms with Crippen LogP contribution >= 0.6 is 12.4 Å². The van der Waals surface area contributed by atoms with Crippen LogP contribution in [0.4, 0.5) is 0 Å². The summed E-state index contributed by atoms with van der Waals surface area (Å²) < 4.78 is 2.24. The number of nitrogens with one attached hydrogen (secondary N) is 1. The number of hydrogen-bond acceptors (Lipinski definition) is 3. The molecule has 1 saturated heterocycles. The fourth-order valence-corrected chi connectivity index (χ4v) is 3.35. The minimum absolute atomic E-state index is 0. The predicted molar refractivity (Wildman–Crippen MR) is 93.7 cm³/mol. The number of nitrogens with zero attached hydrogens (tertiary/aromatic N) is 3. The maximum atomic E-state index is 4.66. The molecule has 5 heteroatoms. The predicted octanol–water partition coefficient (Wildman–Crippen LogP) is 2.89. The van der Waals surface area contributed by atoms with Crippen LogP contribution in [-0.2, 0) is 6.54 Å². The standard InChI is InChI=1S/C17H26N4.ClH/c1-14-16(21-10-4-3-5-17(21)19-14)13-20-11-7-15(8-12-20)6-9-18-2;/h3-5,10,15,18H,6-9,11-13H2,1-2H3;1H. The number of aryl methyl sites for hydroxylation is 1. The molecule has 0 unspecified atom stereocenters. The van der Waals surface area contributed by atoms with E-state index in [0.29, 0.717) is 0 Å². The van der Waals surface area contributed by atoms with E-state index in [9.17, 15) is 0 Å². The Hall–Kier alpha value is -1.10. The summed E-state index contributed by atoms with van der Waals surface area (Å²) in [6.07, 6.45) is 6.11. The highest BCUT2D eigenvalue weighted by molar-refractivity contribution is 5.85. The van der Waals surface area contributed by atoms with Crippen LogP contribution < -0.4 is 5.32 Å². The van der Waals surface area contributed by atoms with Gasteiger partial charge in [-0.2, -0.15) is 0 Å². The molecule has 3 heterocycles. The summed E-state index contributed by atoms with van der Waals surface area (Å²) in [5.41, 5.74) is 3.58. The zero-order valence-corrected chi connectivity index (χ0v) is 14.4. The SMILES string of the molecule is CNCCC1CCN(Cc2c(C)nc3ccccn23)CC1.Cl. The van der Waals surface area contributed by atoms with Crippen LogP contribution in [0.3, 0.4) is 0 Å². The fourth-order valence-electron chi connectivity index (χ4n) is 3.35. The summed E-state index contributed by atoms with van der Waals surface area (Å²) in [6.45, 7) is 6.73. The number of aromatic nitrogens is 2. The van der Waals surface area contributed by atoms with Crippen molar-refractivity contribution in [3.63, 3.8) is 0 Å². The lowest BCUT2D eigenvalue weighted by molar-refractivity contribution is 0.170. The third-order valence-corrected chi connectivity index (χ3v) is 4.71. The number of likely N-dealkylation sites (tertiary alicyclic amines) is 1. The summed E-state index contributed by atoms with van der Waals surface area (Å²) >= 11 is 0. The molecule has 1 aliphatic heterocycles. The number of imidazole rings is 1. The molecule has 0 spiro atoms. The van der Waals surface area contributed by atoms with Crippen molar-refractivity contribution in [2.45, 2.75) is 32.7 Å². The van der Waals surface area contributed by atoms with Crippen LogP contribution in [0.15, 0.2) is 24.4 Å². The van der Waals surface area contributed by atoms with Gasteiger partial charge in [-0.15, -0.1) is 12.4 Å². The second kappa shape index (κ2) is 7.95. The van der Waals surface area contributed by atoms with Gasteiger partial charge in [0.25, 0.3) is 0 Å². The Kier molecular flexibility index (Phi) is 6.24. The van der Waals surface area contributed by atoms with Crippen molar-refractivity contribution in [2.75, 3.05) is 26.7 Å². The number of rotatable bonds is 5. The van der Waals surface area contributed by atoms with Crippen molar-refractivity contribution in [3.8, 4) is 0 Å². The van der Waals surface area contributed by atoms with Crippen LogP contribution in [0, 0.1) is 12.8 Å². The van der Waals surface area contributed by atoms with Crippen LogP contribution in [0.1, 0.15) is 30.7 Å². The number of halogens is 1. The van der Waals surface area contributed by atoms with Crippen LogP contribution in [0.25, 0.3) is 5.65 Å². The molecule has 1 aliphatic rings. The Labute approximate surface area is 139 Å². The van der Waals surface area contributed by atoms with E-state index >= 15 is 0 Å². The summed E-state index contributed by atoms with van der Waals surface area (Å²) in [7, 11) is 2.04. The molecule has 1 fully saturated rings. The number of hydrogen-bond donors (Lipinski definition) is 1. The highest BCUT2D eigenvalue weighted by Gasteiger charge is 2.20. The van der Waals surface area contributed by atoms with Gasteiger partial charge in [0.2, 0.25) is 0 Å². The quantitative estimate of drug-likeness (QED) is 0.918. The molecule has 0 atom stereocenters. The van der Waals surface area contributed by atoms with E-state index in [2.05, 4.69) is 50.9 Å². The molecule has 22 heavy (non-hydrogen) atoms. The molecular weight excluding hydrogens is 296 g/mol. The number of pyridine rings is 1. The first-order valence-electron chi connectivity index (χ1n) is 8.07. The van der Waals surface area contributed by atoms with E-state index in [1.807, 2.05) is 7.05 Å². The molecule has 4 nitrogen and oxygen atoms in total. The minimum atomic E-state index is 0. The van der Waals surface area contributed by atoms with E-state index in [1.54, 1.807) is 0 Å². The van der Waals surface area contributed by atoms with Crippen molar-refractivity contribution in [1.29, 1.82) is 0 Å². The number of piperidine rings is 1. The lowest BCUT2D eigenvalue weighted by Gasteiger charge is -2.32. The highest BCUT2D eigenvalue weighted by atomic mass is 35.5. The lowest BCUT2D eigenvalue weighted by atomic mass is 9.93. The van der Waals surface area contributed by atoms with E-state index in [4.69, 9.17) is 0 Å². The van der Waals surface area contributed by atoms with Crippen molar-refractivity contribution in [1.82, 2.24) is 19.6 Å². The smallest absolute Gasteiger partial charge is 0.137 e. The lowest BCUT2D eigenvalue weighted by Crippen LogP contribution is -2.34. The molecule has 0 amide bonds. The monoisotopic (exact) mass is 322 g/mol. The molecule has 3 rings (SSSR count). The first-order valence-corrected chi connectivity index (χ1v) is 8.07. The summed E-state index contributed by atoms with van der Waals surface area (Å²) in [5.74, 6) is 0.900. The maximum Gasteiger partial charge on any atom is 0.137 e. The van der Waals surface area contributed by atoms with E-state index in [0.717, 1.165) is 24.7 Å². The largest absolute Gasteiger partial charge is 0.320 e. The van der Waals surface area contributed by atoms with Gasteiger partial charge in [0.05, 0.1) is 11.4 Å². The van der Waals surface area contributed by atoms with Crippen molar-refractivity contribution >= 4 is 18.1 Å². The van der Waals surface area contributed by atoms with Crippen molar-refractivity contribution in [2.24, 2.45) is 5.92 Å². The molecule has 2 aromatic heterocycles. The van der Waals surface area contributed by atoms with Gasteiger partial charge in [-0.3, -0.25) is 4.90 Å². The molecular formula is C17H27ClN4. The molecule has 0 aliphatic carbocycles. The first-order chi connectivity index (χ1) is 10.3. The third-order valence-electron chi connectivity index (χ3n) is 4.71. The molecule has 0 bridgehead atoms. The Balaban J connectivity index is 0.00000176. The van der Waals surface area contributed by atoms with Gasteiger partial charge in [-0.1, -0.05) is 6.07 Å². The second-order valence-electron chi connectivity index (χ2n) is 6.18. The maximum absolute atomic E-state index is 4.66. The van der Waals surface area contributed by atoms with E-state index in [-0.39, 0.29) is 12.4 Å². The molecule has 2 aromatic rings. The Morgan fingerprint density at radius 1 is 1.27 bits per heavy atom. The van der Waals surface area contributed by atoms with Crippen LogP contribution in [-0.4, -0.2) is 41.0 Å². The molecule has 0 radical (unpaired) electrons. The molecule has 1 N–H and O–H groups in total. The summed E-state index contributed by atoms with van der Waals surface area (Å²) in [4.78, 5) is 7.24. The van der Waals surface area contributed by atoms with Gasteiger partial charge in [-0.05, 0) is 70.9 Å². The molecule has 0 saturated carbocycles. The highest BCUT2D eigenvalue weighted by Crippen LogP contribution is 2.22. The van der Waals surface area contributed by atoms with Gasteiger partial charge in [0.1, 0.15) is 5.65 Å². The van der Waals surface area contributed by atoms with Gasteiger partial charge < -0.3 is 9.72 Å². The Morgan fingerprint density at radius 2 is 2.05 bits per heavy atom. The molecule has 122 valence electrons. The van der Waals surface area contributed by atoms with E-state index in [1.165, 1.54) is 43.7 Å². The van der Waals surface area contributed by atoms with Crippen molar-refractivity contribution < 1.29 is 0 Å². The molecule has 0 aromatic carbocycles. The van der Waals surface area contributed by atoms with Gasteiger partial charge in [-0.25, -0.2) is 4.98 Å². The first kappa shape index (κ1) is 17.3. The zero-order valence-electron chi connectivity index (χ0n) is 13.6. The fraction of sp³-hybridized carbons (Fsp3) is 0.588. The summed E-state index contributed by atoms with van der Waals surface area (Å²) in [5, 5.41) is 3.26. The topological polar surface area (TPSA) is 32.6 Å². The number of fused-ring (bicyclic) bond motifs is 1. The Bertz CT molecular complexity index is 587. The van der Waals surface area contributed by atoms with E-state index < -0.39 is 0 Å². The average molecular weight is 323 g/mol. The zero-order chi connectivity index (χ0) is 14.7. The third kappa shape index (κ3) is 3.80. The normalized spacial score (nSPS) is 16.8. The van der Waals surface area contributed by atoms with Crippen molar-refractivity contribution in [3.05, 3.63) is 35.8 Å². The Morgan fingerprint density at radius 3 is 2.77 bits per heavy atom. The minimum Gasteiger partial charge on any atom is -0.320 e. The van der Waals surface area contributed by atoms with Crippen LogP contribution in [0.5, 0.6) is 0 Å².